The highest BCUT2D eigenvalue weighted by Gasteiger charge is 2.22. The van der Waals surface area contributed by atoms with Crippen LogP contribution in [0.15, 0.2) is 6.07 Å². The average Bonchev–Trinajstić information content (AvgIpc) is 2.61. The van der Waals surface area contributed by atoms with Gasteiger partial charge in [-0.2, -0.15) is 0 Å². The minimum Gasteiger partial charge on any atom is -0.354 e. The van der Waals surface area contributed by atoms with Crippen molar-refractivity contribution in [2.45, 2.75) is 78.9 Å². The first-order valence-corrected chi connectivity index (χ1v) is 8.46. The Morgan fingerprint density at radius 1 is 1.29 bits per heavy atom. The fraction of sp³-hybridized carbons (Fsp3) is 0.722. The molecule has 1 saturated heterocycles. The molecule has 1 fully saturated rings. The third kappa shape index (κ3) is 4.19. The van der Waals surface area contributed by atoms with E-state index >= 15 is 0 Å². The van der Waals surface area contributed by atoms with E-state index in [1.807, 2.05) is 0 Å². The molecule has 0 saturated carbocycles. The number of aromatic nitrogens is 1. The molecule has 0 aliphatic carbocycles. The SMILES string of the molecule is Cc1cc(C)c(CNC(C)C)c(N2CCCCCC2C)n1. The molecule has 118 valence electrons. The first-order chi connectivity index (χ1) is 9.99. The van der Waals surface area contributed by atoms with E-state index in [1.165, 1.54) is 42.6 Å². The number of aryl methyl sites for hydroxylation is 2. The maximum absolute atomic E-state index is 4.91. The van der Waals surface area contributed by atoms with Crippen LogP contribution >= 0.6 is 0 Å². The number of rotatable bonds is 4. The summed E-state index contributed by atoms with van der Waals surface area (Å²) in [6.07, 6.45) is 5.27. The van der Waals surface area contributed by atoms with Crippen LogP contribution in [0.25, 0.3) is 0 Å². The highest BCUT2D eigenvalue weighted by Crippen LogP contribution is 2.28. The van der Waals surface area contributed by atoms with E-state index in [2.05, 4.69) is 50.9 Å². The Labute approximate surface area is 130 Å². The van der Waals surface area contributed by atoms with E-state index < -0.39 is 0 Å². The number of nitrogens with zero attached hydrogens (tertiary/aromatic N) is 2. The second-order valence-corrected chi connectivity index (χ2v) is 6.81. The van der Waals surface area contributed by atoms with Crippen molar-refractivity contribution in [2.75, 3.05) is 11.4 Å². The Hall–Kier alpha value is -1.09. The van der Waals surface area contributed by atoms with E-state index in [1.54, 1.807) is 0 Å². The van der Waals surface area contributed by atoms with Crippen LogP contribution in [-0.4, -0.2) is 23.6 Å². The molecule has 3 nitrogen and oxygen atoms in total. The molecule has 1 aromatic rings. The van der Waals surface area contributed by atoms with Crippen molar-refractivity contribution < 1.29 is 0 Å². The van der Waals surface area contributed by atoms with Gasteiger partial charge >= 0.3 is 0 Å². The van der Waals surface area contributed by atoms with Gasteiger partial charge in [0.05, 0.1) is 0 Å². The van der Waals surface area contributed by atoms with Gasteiger partial charge in [0.15, 0.2) is 0 Å². The summed E-state index contributed by atoms with van der Waals surface area (Å²) in [6.45, 7) is 13.1. The molecule has 1 aliphatic rings. The smallest absolute Gasteiger partial charge is 0.133 e. The summed E-state index contributed by atoms with van der Waals surface area (Å²) in [5, 5.41) is 3.57. The van der Waals surface area contributed by atoms with Crippen LogP contribution < -0.4 is 10.2 Å². The monoisotopic (exact) mass is 289 g/mol. The summed E-state index contributed by atoms with van der Waals surface area (Å²) in [7, 11) is 0. The zero-order valence-electron chi connectivity index (χ0n) is 14.4. The minimum absolute atomic E-state index is 0.500. The lowest BCUT2D eigenvalue weighted by Gasteiger charge is -2.31. The molecule has 0 bridgehead atoms. The van der Waals surface area contributed by atoms with E-state index in [-0.39, 0.29) is 0 Å². The maximum Gasteiger partial charge on any atom is 0.133 e. The molecule has 0 spiro atoms. The van der Waals surface area contributed by atoms with Crippen molar-refractivity contribution in [3.05, 3.63) is 22.9 Å². The molecular formula is C18H31N3. The molecule has 2 rings (SSSR count). The standard InChI is InChI=1S/C18H31N3/c1-13(2)19-12-17-14(3)11-15(4)20-18(17)21-10-8-6-7-9-16(21)5/h11,13,16,19H,6-10,12H2,1-5H3. The van der Waals surface area contributed by atoms with Crippen LogP contribution in [0.2, 0.25) is 0 Å². The van der Waals surface area contributed by atoms with Gasteiger partial charge in [0.2, 0.25) is 0 Å². The van der Waals surface area contributed by atoms with E-state index in [0.717, 1.165) is 18.8 Å². The van der Waals surface area contributed by atoms with Gasteiger partial charge in [-0.1, -0.05) is 26.7 Å². The average molecular weight is 289 g/mol. The molecule has 1 N–H and O–H groups in total. The molecule has 1 aromatic heterocycles. The van der Waals surface area contributed by atoms with Crippen molar-refractivity contribution in [1.82, 2.24) is 10.3 Å². The molecule has 0 radical (unpaired) electrons. The van der Waals surface area contributed by atoms with Gasteiger partial charge in [0.1, 0.15) is 5.82 Å². The zero-order chi connectivity index (χ0) is 15.4. The quantitative estimate of drug-likeness (QED) is 0.909. The fourth-order valence-corrected chi connectivity index (χ4v) is 3.20. The third-order valence-corrected chi connectivity index (χ3v) is 4.47. The van der Waals surface area contributed by atoms with Gasteiger partial charge < -0.3 is 10.2 Å². The van der Waals surface area contributed by atoms with Crippen LogP contribution in [0.3, 0.4) is 0 Å². The lowest BCUT2D eigenvalue weighted by Crippen LogP contribution is -2.35. The molecule has 21 heavy (non-hydrogen) atoms. The Bertz CT molecular complexity index is 468. The topological polar surface area (TPSA) is 28.2 Å². The Morgan fingerprint density at radius 2 is 2.05 bits per heavy atom. The normalized spacial score (nSPS) is 19.9. The number of anilines is 1. The van der Waals surface area contributed by atoms with Crippen molar-refractivity contribution >= 4 is 5.82 Å². The first-order valence-electron chi connectivity index (χ1n) is 8.46. The van der Waals surface area contributed by atoms with Crippen LogP contribution in [0.1, 0.15) is 63.3 Å². The number of nitrogens with one attached hydrogen (secondary N) is 1. The predicted octanol–water partition coefficient (Wildman–Crippen LogP) is 3.97. The Kier molecular flexibility index (Phi) is 5.63. The van der Waals surface area contributed by atoms with E-state index in [0.29, 0.717) is 12.1 Å². The summed E-state index contributed by atoms with van der Waals surface area (Å²) >= 11 is 0. The van der Waals surface area contributed by atoms with Crippen LogP contribution in [-0.2, 0) is 6.54 Å². The zero-order valence-corrected chi connectivity index (χ0v) is 14.4. The van der Waals surface area contributed by atoms with Crippen molar-refractivity contribution in [2.24, 2.45) is 0 Å². The van der Waals surface area contributed by atoms with Crippen molar-refractivity contribution in [3.63, 3.8) is 0 Å². The summed E-state index contributed by atoms with van der Waals surface area (Å²) in [5.74, 6) is 1.22. The second kappa shape index (κ2) is 7.26. The van der Waals surface area contributed by atoms with Gasteiger partial charge in [-0.25, -0.2) is 4.98 Å². The largest absolute Gasteiger partial charge is 0.354 e. The van der Waals surface area contributed by atoms with E-state index in [9.17, 15) is 0 Å². The predicted molar refractivity (Wildman–Crippen MR) is 91.0 cm³/mol. The van der Waals surface area contributed by atoms with Gasteiger partial charge in [-0.05, 0) is 45.2 Å². The fourth-order valence-electron chi connectivity index (χ4n) is 3.20. The Morgan fingerprint density at radius 3 is 2.76 bits per heavy atom. The first kappa shape index (κ1) is 16.3. The maximum atomic E-state index is 4.91. The number of hydrogen-bond acceptors (Lipinski definition) is 3. The summed E-state index contributed by atoms with van der Waals surface area (Å²) < 4.78 is 0. The highest BCUT2D eigenvalue weighted by molar-refractivity contribution is 5.52. The molecule has 1 unspecified atom stereocenters. The Balaban J connectivity index is 2.34. The van der Waals surface area contributed by atoms with Gasteiger partial charge in [-0.15, -0.1) is 0 Å². The van der Waals surface area contributed by atoms with Gasteiger partial charge in [0.25, 0.3) is 0 Å². The van der Waals surface area contributed by atoms with Crippen LogP contribution in [0.4, 0.5) is 5.82 Å². The highest BCUT2D eigenvalue weighted by atomic mass is 15.2. The minimum atomic E-state index is 0.500. The summed E-state index contributed by atoms with van der Waals surface area (Å²) in [6, 6.07) is 3.31. The van der Waals surface area contributed by atoms with Crippen molar-refractivity contribution in [1.29, 1.82) is 0 Å². The molecule has 1 aliphatic heterocycles. The molecule has 0 aromatic carbocycles. The second-order valence-electron chi connectivity index (χ2n) is 6.81. The third-order valence-electron chi connectivity index (χ3n) is 4.47. The summed E-state index contributed by atoms with van der Waals surface area (Å²) in [4.78, 5) is 7.46. The van der Waals surface area contributed by atoms with Crippen LogP contribution in [0, 0.1) is 13.8 Å². The van der Waals surface area contributed by atoms with Gasteiger partial charge in [-0.3, -0.25) is 0 Å². The molecule has 3 heteroatoms. The van der Waals surface area contributed by atoms with Crippen LogP contribution in [0.5, 0.6) is 0 Å². The summed E-state index contributed by atoms with van der Waals surface area (Å²) in [5.41, 5.74) is 3.87. The van der Waals surface area contributed by atoms with E-state index in [4.69, 9.17) is 4.98 Å². The lowest BCUT2D eigenvalue weighted by molar-refractivity contribution is 0.576. The number of pyridine rings is 1. The lowest BCUT2D eigenvalue weighted by atomic mass is 10.1. The van der Waals surface area contributed by atoms with Crippen molar-refractivity contribution in [3.8, 4) is 0 Å². The number of hydrogen-bond donors (Lipinski definition) is 1. The molecule has 2 heterocycles. The van der Waals surface area contributed by atoms with Gasteiger partial charge in [0, 0.05) is 36.4 Å². The molecule has 0 amide bonds. The molecular weight excluding hydrogens is 258 g/mol. The molecule has 1 atom stereocenters.